The third-order valence-corrected chi connectivity index (χ3v) is 6.10. The van der Waals surface area contributed by atoms with Crippen LogP contribution in [0, 0.1) is 5.82 Å². The van der Waals surface area contributed by atoms with Crippen LogP contribution in [0.4, 0.5) is 4.39 Å². The van der Waals surface area contributed by atoms with Gasteiger partial charge in [0.15, 0.2) is 6.61 Å². The molecule has 1 amide bonds. The highest BCUT2D eigenvalue weighted by molar-refractivity contribution is 5.78. The highest BCUT2D eigenvalue weighted by Crippen LogP contribution is 2.40. The number of nitrogens with two attached hydrogens (primary N) is 1. The van der Waals surface area contributed by atoms with Crippen molar-refractivity contribution < 1.29 is 18.7 Å². The van der Waals surface area contributed by atoms with E-state index in [0.717, 1.165) is 38.5 Å². The number of halogens is 1. The summed E-state index contributed by atoms with van der Waals surface area (Å²) >= 11 is 0. The first-order valence-electron chi connectivity index (χ1n) is 9.71. The Morgan fingerprint density at radius 3 is 2.77 bits per heavy atom. The molecular weight excluding hydrogens is 335 g/mol. The van der Waals surface area contributed by atoms with Gasteiger partial charge in [-0.05, 0) is 56.6 Å². The number of nitrogens with zero attached hydrogens (tertiary/aromatic N) is 1. The number of piperidine rings is 1. The number of hydrogen-bond acceptors (Lipinski definition) is 4. The maximum atomic E-state index is 14.5. The zero-order valence-electron chi connectivity index (χ0n) is 15.0. The second-order valence-electron chi connectivity index (χ2n) is 7.71. The van der Waals surface area contributed by atoms with E-state index in [1.807, 2.05) is 0 Å². The minimum atomic E-state index is -0.243. The molecule has 3 heterocycles. The van der Waals surface area contributed by atoms with Crippen LogP contribution in [-0.2, 0) is 9.53 Å². The van der Waals surface area contributed by atoms with Crippen molar-refractivity contribution >= 4 is 5.91 Å². The van der Waals surface area contributed by atoms with E-state index in [4.69, 9.17) is 15.2 Å². The Morgan fingerprint density at radius 1 is 1.15 bits per heavy atom. The Hall–Kier alpha value is -1.66. The van der Waals surface area contributed by atoms with E-state index in [1.54, 1.807) is 17.0 Å². The molecule has 1 aromatic rings. The van der Waals surface area contributed by atoms with Gasteiger partial charge in [0.25, 0.3) is 5.91 Å². The molecule has 0 aromatic heterocycles. The minimum absolute atomic E-state index is 0.0705. The quantitative estimate of drug-likeness (QED) is 0.770. The maximum absolute atomic E-state index is 14.5. The highest BCUT2D eigenvalue weighted by Gasteiger charge is 2.35. The van der Waals surface area contributed by atoms with E-state index in [1.165, 1.54) is 6.07 Å². The van der Waals surface area contributed by atoms with Gasteiger partial charge in [-0.25, -0.2) is 4.39 Å². The lowest BCUT2D eigenvalue weighted by atomic mass is 9.82. The highest BCUT2D eigenvalue weighted by atomic mass is 19.1. The van der Waals surface area contributed by atoms with E-state index in [0.29, 0.717) is 24.5 Å². The second kappa shape index (κ2) is 7.53. The van der Waals surface area contributed by atoms with Gasteiger partial charge in [0.05, 0.1) is 18.8 Å². The molecule has 2 fully saturated rings. The van der Waals surface area contributed by atoms with Crippen LogP contribution in [0.15, 0.2) is 18.2 Å². The lowest BCUT2D eigenvalue weighted by Crippen LogP contribution is -2.57. The smallest absolute Gasteiger partial charge is 0.260 e. The molecule has 1 saturated heterocycles. The molecule has 4 aliphatic rings. The first-order valence-corrected chi connectivity index (χ1v) is 9.71. The van der Waals surface area contributed by atoms with E-state index in [2.05, 4.69) is 0 Å². The van der Waals surface area contributed by atoms with Crippen LogP contribution in [0.5, 0.6) is 5.75 Å². The van der Waals surface area contributed by atoms with Gasteiger partial charge in [0.2, 0.25) is 0 Å². The van der Waals surface area contributed by atoms with Crippen LogP contribution in [0.25, 0.3) is 0 Å². The van der Waals surface area contributed by atoms with Crippen molar-refractivity contribution in [1.29, 1.82) is 0 Å². The minimum Gasteiger partial charge on any atom is -0.483 e. The zero-order chi connectivity index (χ0) is 18.1. The summed E-state index contributed by atoms with van der Waals surface area (Å²) < 4.78 is 26.5. The van der Waals surface area contributed by atoms with Gasteiger partial charge >= 0.3 is 0 Å². The maximum Gasteiger partial charge on any atom is 0.260 e. The first kappa shape index (κ1) is 17.7. The van der Waals surface area contributed by atoms with Crippen molar-refractivity contribution in [2.24, 2.45) is 5.73 Å². The number of ether oxygens (including phenoxy) is 2. The molecule has 5 nitrogen and oxygen atoms in total. The third-order valence-electron chi connectivity index (χ3n) is 6.10. The molecule has 142 valence electrons. The average molecular weight is 362 g/mol. The summed E-state index contributed by atoms with van der Waals surface area (Å²) in [5, 5.41) is 0. The Bertz CT molecular complexity index is 660. The largest absolute Gasteiger partial charge is 0.483 e. The molecular formula is C20H27FN2O3. The molecule has 1 aromatic carbocycles. The number of benzene rings is 1. The summed E-state index contributed by atoms with van der Waals surface area (Å²) in [6, 6.07) is 4.72. The number of amides is 1. The molecule has 6 heteroatoms. The van der Waals surface area contributed by atoms with Crippen molar-refractivity contribution in [3.05, 3.63) is 29.6 Å². The van der Waals surface area contributed by atoms with Crippen LogP contribution >= 0.6 is 0 Å². The molecule has 1 aliphatic carbocycles. The molecule has 2 atom stereocenters. The summed E-state index contributed by atoms with van der Waals surface area (Å²) in [5.74, 6) is 0.272. The summed E-state index contributed by atoms with van der Waals surface area (Å²) in [5.41, 5.74) is 6.91. The van der Waals surface area contributed by atoms with Crippen LogP contribution in [0.3, 0.4) is 0 Å². The molecule has 5 rings (SSSR count). The summed E-state index contributed by atoms with van der Waals surface area (Å²) in [7, 11) is 0. The molecule has 1 saturated carbocycles. The Labute approximate surface area is 153 Å². The predicted octanol–water partition coefficient (Wildman–Crippen LogP) is 2.58. The molecule has 26 heavy (non-hydrogen) atoms. The van der Waals surface area contributed by atoms with Gasteiger partial charge in [0.1, 0.15) is 11.6 Å². The first-order chi connectivity index (χ1) is 12.6. The fourth-order valence-corrected chi connectivity index (χ4v) is 4.62. The van der Waals surface area contributed by atoms with Crippen molar-refractivity contribution in [2.45, 2.75) is 62.6 Å². The molecule has 0 spiro atoms. The van der Waals surface area contributed by atoms with Crippen LogP contribution in [-0.4, -0.2) is 48.8 Å². The van der Waals surface area contributed by atoms with Crippen LogP contribution < -0.4 is 10.5 Å². The fourth-order valence-electron chi connectivity index (χ4n) is 4.62. The van der Waals surface area contributed by atoms with Gasteiger partial charge in [0, 0.05) is 18.2 Å². The lowest BCUT2D eigenvalue weighted by molar-refractivity contribution is -0.140. The molecule has 0 unspecified atom stereocenters. The number of rotatable bonds is 0. The normalized spacial score (nSPS) is 32.5. The zero-order valence-corrected chi connectivity index (χ0v) is 15.0. The Kier molecular flexibility index (Phi) is 5.14. The van der Waals surface area contributed by atoms with Crippen molar-refractivity contribution in [3.63, 3.8) is 0 Å². The van der Waals surface area contributed by atoms with E-state index in [9.17, 15) is 9.18 Å². The Morgan fingerprint density at radius 2 is 1.96 bits per heavy atom. The molecule has 2 N–H and O–H groups in total. The number of carbonyl (C=O) groups excluding carboxylic acids is 1. The SMILES string of the molecule is N[C@H]1CCCN2C(=O)COc3cccc(F)c3[C@H]3CC[C@H](CC3)OC[C@@H]12. The van der Waals surface area contributed by atoms with Gasteiger partial charge in [-0.1, -0.05) is 6.07 Å². The monoisotopic (exact) mass is 362 g/mol. The molecule has 2 bridgehead atoms. The third kappa shape index (κ3) is 3.45. The topological polar surface area (TPSA) is 64.8 Å². The van der Waals surface area contributed by atoms with Gasteiger partial charge in [-0.15, -0.1) is 0 Å². The lowest BCUT2D eigenvalue weighted by Gasteiger charge is -2.40. The van der Waals surface area contributed by atoms with E-state index < -0.39 is 0 Å². The van der Waals surface area contributed by atoms with Crippen LogP contribution in [0.2, 0.25) is 0 Å². The molecule has 3 aliphatic heterocycles. The van der Waals surface area contributed by atoms with Crippen LogP contribution in [0.1, 0.15) is 50.0 Å². The predicted molar refractivity (Wildman–Crippen MR) is 95.6 cm³/mol. The van der Waals surface area contributed by atoms with Gasteiger partial charge in [-0.2, -0.15) is 0 Å². The number of hydrogen-bond donors (Lipinski definition) is 1. The summed E-state index contributed by atoms with van der Waals surface area (Å²) in [6.07, 6.45) is 5.49. The molecule has 0 radical (unpaired) electrons. The summed E-state index contributed by atoms with van der Waals surface area (Å²) in [6.45, 7) is 1.06. The summed E-state index contributed by atoms with van der Waals surface area (Å²) in [4.78, 5) is 14.6. The van der Waals surface area contributed by atoms with Crippen molar-refractivity contribution in [1.82, 2.24) is 4.90 Å². The van der Waals surface area contributed by atoms with Gasteiger partial charge < -0.3 is 20.1 Å². The standard InChI is InChI=1S/C20H27FN2O3/c21-15-3-1-5-18-20(15)13-6-8-14(9-7-13)25-11-17-16(22)4-2-10-23(17)19(24)12-26-18/h1,3,5,13-14,16-17H,2,4,6-12,22H2/t13-,14+,16-,17-/m0/s1. The average Bonchev–Trinajstić information content (AvgIpc) is 2.66. The second-order valence-corrected chi connectivity index (χ2v) is 7.71. The Balaban J connectivity index is 1.64. The van der Waals surface area contributed by atoms with Crippen molar-refractivity contribution in [3.8, 4) is 5.75 Å². The number of carbonyl (C=O) groups is 1. The fraction of sp³-hybridized carbons (Fsp3) is 0.650. The van der Waals surface area contributed by atoms with Crippen molar-refractivity contribution in [2.75, 3.05) is 19.8 Å². The van der Waals surface area contributed by atoms with E-state index >= 15 is 0 Å². The number of fused-ring (bicyclic) bond motifs is 5. The van der Waals surface area contributed by atoms with Gasteiger partial charge in [-0.3, -0.25) is 4.79 Å². The van der Waals surface area contributed by atoms with E-state index in [-0.39, 0.29) is 42.4 Å².